The third-order valence-electron chi connectivity index (χ3n) is 4.96. The summed E-state index contributed by atoms with van der Waals surface area (Å²) < 4.78 is 10.7. The van der Waals surface area contributed by atoms with Crippen LogP contribution in [-0.2, 0) is 14.3 Å². The molecule has 1 saturated heterocycles. The van der Waals surface area contributed by atoms with E-state index in [0.717, 1.165) is 38.5 Å². The minimum Gasteiger partial charge on any atom is -0.433 e. The fourth-order valence-electron chi connectivity index (χ4n) is 3.11. The van der Waals surface area contributed by atoms with Gasteiger partial charge < -0.3 is 9.47 Å². The zero-order valence-electron chi connectivity index (χ0n) is 17.8. The molecule has 1 fully saturated rings. The predicted molar refractivity (Wildman–Crippen MR) is 114 cm³/mol. The van der Waals surface area contributed by atoms with Crippen LogP contribution < -0.4 is 0 Å². The first-order valence-electron chi connectivity index (χ1n) is 11.4. The molecule has 1 aliphatic heterocycles. The molecule has 0 aromatic heterocycles. The van der Waals surface area contributed by atoms with Crippen LogP contribution in [0.4, 0.5) is 0 Å². The maximum absolute atomic E-state index is 11.7. The van der Waals surface area contributed by atoms with Crippen LogP contribution in [0.2, 0.25) is 0 Å². The van der Waals surface area contributed by atoms with Gasteiger partial charge in [-0.2, -0.15) is 0 Å². The van der Waals surface area contributed by atoms with Gasteiger partial charge in [0.05, 0.1) is 0 Å². The lowest BCUT2D eigenvalue weighted by Crippen LogP contribution is -2.09. The SMILES string of the molecule is CCCCC/C=C\C/C=C\CCCCCCCC(=O)OC1OC1CCCC. The minimum atomic E-state index is -0.248. The third kappa shape index (κ3) is 14.6. The number of rotatable bonds is 18. The summed E-state index contributed by atoms with van der Waals surface area (Å²) in [6.45, 7) is 4.40. The second-order valence-corrected chi connectivity index (χ2v) is 7.66. The van der Waals surface area contributed by atoms with E-state index in [4.69, 9.17) is 9.47 Å². The summed E-state index contributed by atoms with van der Waals surface area (Å²) in [5.74, 6) is -0.0929. The molecule has 0 amide bonds. The number of allylic oxidation sites excluding steroid dienone is 4. The molecule has 0 N–H and O–H groups in total. The van der Waals surface area contributed by atoms with Gasteiger partial charge in [-0.25, -0.2) is 0 Å². The van der Waals surface area contributed by atoms with Crippen LogP contribution in [0.15, 0.2) is 24.3 Å². The first-order chi connectivity index (χ1) is 13.3. The third-order valence-corrected chi connectivity index (χ3v) is 4.96. The predicted octanol–water partition coefficient (Wildman–Crippen LogP) is 7.26. The number of unbranched alkanes of at least 4 members (excludes halogenated alkanes) is 9. The highest BCUT2D eigenvalue weighted by Gasteiger charge is 2.41. The fraction of sp³-hybridized carbons (Fsp3) is 0.792. The standard InChI is InChI=1S/C24H42O3/c1-3-5-7-8-9-10-11-12-13-14-15-16-17-18-19-21-23(25)27-24-22(26-24)20-6-4-2/h9-10,12-13,22,24H,3-8,11,14-21H2,1-2H3/b10-9-,13-12-. The number of hydrogen-bond donors (Lipinski definition) is 0. The van der Waals surface area contributed by atoms with Crippen molar-refractivity contribution >= 4 is 5.97 Å². The number of carbonyl (C=O) groups excluding carboxylic acids is 1. The van der Waals surface area contributed by atoms with Crippen molar-refractivity contribution in [2.45, 2.75) is 123 Å². The van der Waals surface area contributed by atoms with Gasteiger partial charge in [-0.3, -0.25) is 4.79 Å². The first kappa shape index (κ1) is 23.9. The van der Waals surface area contributed by atoms with E-state index in [1.807, 2.05) is 0 Å². The summed E-state index contributed by atoms with van der Waals surface area (Å²) in [6.07, 6.45) is 26.1. The van der Waals surface area contributed by atoms with Crippen LogP contribution in [0, 0.1) is 0 Å². The molecule has 0 aromatic rings. The zero-order chi connectivity index (χ0) is 19.6. The van der Waals surface area contributed by atoms with E-state index in [1.54, 1.807) is 0 Å². The van der Waals surface area contributed by atoms with Crippen LogP contribution in [0.1, 0.15) is 110 Å². The summed E-state index contributed by atoms with van der Waals surface area (Å²) in [5.41, 5.74) is 0. The Kier molecular flexibility index (Phi) is 15.1. The molecule has 3 nitrogen and oxygen atoms in total. The van der Waals surface area contributed by atoms with Gasteiger partial charge in [0.2, 0.25) is 6.29 Å². The van der Waals surface area contributed by atoms with E-state index in [1.165, 1.54) is 51.4 Å². The van der Waals surface area contributed by atoms with Crippen molar-refractivity contribution in [1.29, 1.82) is 0 Å². The molecule has 2 unspecified atom stereocenters. The average Bonchev–Trinajstić information content (AvgIpc) is 3.40. The van der Waals surface area contributed by atoms with Crippen molar-refractivity contribution in [3.63, 3.8) is 0 Å². The lowest BCUT2D eigenvalue weighted by molar-refractivity contribution is -0.148. The van der Waals surface area contributed by atoms with Gasteiger partial charge >= 0.3 is 5.97 Å². The minimum absolute atomic E-state index is 0.0929. The van der Waals surface area contributed by atoms with Gasteiger partial charge in [-0.15, -0.1) is 0 Å². The molecule has 1 aliphatic rings. The van der Waals surface area contributed by atoms with Crippen molar-refractivity contribution in [2.75, 3.05) is 0 Å². The van der Waals surface area contributed by atoms with Gasteiger partial charge in [-0.05, 0) is 44.9 Å². The Hall–Kier alpha value is -1.09. The quantitative estimate of drug-likeness (QED) is 0.109. The van der Waals surface area contributed by atoms with Crippen LogP contribution in [-0.4, -0.2) is 18.4 Å². The molecule has 1 rings (SSSR count). The van der Waals surface area contributed by atoms with Gasteiger partial charge in [0, 0.05) is 6.42 Å². The molecular formula is C24H42O3. The van der Waals surface area contributed by atoms with Gasteiger partial charge in [-0.1, -0.05) is 83.1 Å². The van der Waals surface area contributed by atoms with Crippen molar-refractivity contribution in [3.8, 4) is 0 Å². The summed E-state index contributed by atoms with van der Waals surface area (Å²) in [7, 11) is 0. The Morgan fingerprint density at radius 2 is 1.44 bits per heavy atom. The summed E-state index contributed by atoms with van der Waals surface area (Å²) >= 11 is 0. The largest absolute Gasteiger partial charge is 0.433 e. The van der Waals surface area contributed by atoms with Crippen molar-refractivity contribution in [3.05, 3.63) is 24.3 Å². The van der Waals surface area contributed by atoms with Gasteiger partial charge in [0.15, 0.2) is 0 Å². The zero-order valence-corrected chi connectivity index (χ0v) is 17.8. The summed E-state index contributed by atoms with van der Waals surface area (Å²) in [4.78, 5) is 11.7. The Labute approximate surface area is 167 Å². The van der Waals surface area contributed by atoms with Crippen LogP contribution in [0.3, 0.4) is 0 Å². The molecule has 0 saturated carbocycles. The van der Waals surface area contributed by atoms with Gasteiger partial charge in [0.25, 0.3) is 0 Å². The molecule has 2 atom stereocenters. The van der Waals surface area contributed by atoms with Crippen LogP contribution in [0.5, 0.6) is 0 Å². The Balaban J connectivity index is 1.81. The normalized spacial score (nSPS) is 19.2. The van der Waals surface area contributed by atoms with E-state index in [0.29, 0.717) is 6.42 Å². The van der Waals surface area contributed by atoms with Gasteiger partial charge in [0.1, 0.15) is 6.10 Å². The Morgan fingerprint density at radius 3 is 2.15 bits per heavy atom. The molecular weight excluding hydrogens is 336 g/mol. The Morgan fingerprint density at radius 1 is 0.815 bits per heavy atom. The van der Waals surface area contributed by atoms with Crippen molar-refractivity contribution in [1.82, 2.24) is 0 Å². The second kappa shape index (κ2) is 17.0. The lowest BCUT2D eigenvalue weighted by Gasteiger charge is -2.02. The summed E-state index contributed by atoms with van der Waals surface area (Å²) in [5, 5.41) is 0. The molecule has 1 heterocycles. The molecule has 27 heavy (non-hydrogen) atoms. The average molecular weight is 379 g/mol. The number of ether oxygens (including phenoxy) is 2. The van der Waals surface area contributed by atoms with E-state index < -0.39 is 0 Å². The van der Waals surface area contributed by atoms with Crippen molar-refractivity contribution < 1.29 is 14.3 Å². The highest BCUT2D eigenvalue weighted by atomic mass is 16.8. The molecule has 0 spiro atoms. The van der Waals surface area contributed by atoms with Crippen LogP contribution >= 0.6 is 0 Å². The number of hydrogen-bond acceptors (Lipinski definition) is 3. The maximum Gasteiger partial charge on any atom is 0.308 e. The fourth-order valence-corrected chi connectivity index (χ4v) is 3.11. The van der Waals surface area contributed by atoms with E-state index in [2.05, 4.69) is 38.2 Å². The van der Waals surface area contributed by atoms with E-state index >= 15 is 0 Å². The molecule has 0 radical (unpaired) electrons. The lowest BCUT2D eigenvalue weighted by atomic mass is 10.1. The molecule has 0 aromatic carbocycles. The highest BCUT2D eigenvalue weighted by Crippen LogP contribution is 2.28. The Bertz CT molecular complexity index is 414. The van der Waals surface area contributed by atoms with Crippen LogP contribution in [0.25, 0.3) is 0 Å². The monoisotopic (exact) mass is 378 g/mol. The second-order valence-electron chi connectivity index (χ2n) is 7.66. The molecule has 0 aliphatic carbocycles. The molecule has 156 valence electrons. The number of carbonyl (C=O) groups is 1. The molecule has 0 bridgehead atoms. The number of epoxide rings is 1. The smallest absolute Gasteiger partial charge is 0.308 e. The number of esters is 1. The topological polar surface area (TPSA) is 38.8 Å². The van der Waals surface area contributed by atoms with Crippen molar-refractivity contribution in [2.24, 2.45) is 0 Å². The first-order valence-corrected chi connectivity index (χ1v) is 11.4. The highest BCUT2D eigenvalue weighted by molar-refractivity contribution is 5.69. The molecule has 3 heteroatoms. The van der Waals surface area contributed by atoms with E-state index in [-0.39, 0.29) is 18.4 Å². The van der Waals surface area contributed by atoms with E-state index in [9.17, 15) is 4.79 Å². The summed E-state index contributed by atoms with van der Waals surface area (Å²) in [6, 6.07) is 0. The maximum atomic E-state index is 11.7.